The molecule has 92 valence electrons. The van der Waals surface area contributed by atoms with Gasteiger partial charge in [0.05, 0.1) is 0 Å². The molecule has 0 rings (SSSR count). The van der Waals surface area contributed by atoms with Gasteiger partial charge in [-0.05, 0) is 31.7 Å². The van der Waals surface area contributed by atoms with E-state index in [4.69, 9.17) is 4.74 Å². The maximum absolute atomic E-state index is 5.59. The summed E-state index contributed by atoms with van der Waals surface area (Å²) in [4.78, 5) is 0. The zero-order chi connectivity index (χ0) is 11.5. The van der Waals surface area contributed by atoms with Gasteiger partial charge < -0.3 is 10.1 Å². The van der Waals surface area contributed by atoms with Crippen molar-refractivity contribution in [1.29, 1.82) is 0 Å². The van der Waals surface area contributed by atoms with E-state index in [1.165, 1.54) is 25.7 Å². The number of nitrogens with one attached hydrogen (secondary N) is 1. The Morgan fingerprint density at radius 2 is 1.87 bits per heavy atom. The molecule has 0 aromatic rings. The Labute approximate surface area is 95.8 Å². The van der Waals surface area contributed by atoms with E-state index in [0.717, 1.165) is 25.7 Å². The Balaban J connectivity index is 3.48. The molecule has 0 aromatic heterocycles. The van der Waals surface area contributed by atoms with Crippen molar-refractivity contribution in [2.24, 2.45) is 5.92 Å². The van der Waals surface area contributed by atoms with Crippen LogP contribution in [0.1, 0.15) is 53.4 Å². The fraction of sp³-hybridized carbons (Fsp3) is 1.00. The minimum Gasteiger partial charge on any atom is -0.381 e. The van der Waals surface area contributed by atoms with Crippen LogP contribution in [0.5, 0.6) is 0 Å². The summed E-state index contributed by atoms with van der Waals surface area (Å²) < 4.78 is 5.59. The van der Waals surface area contributed by atoms with Gasteiger partial charge in [-0.1, -0.05) is 34.1 Å². The highest BCUT2D eigenvalue weighted by atomic mass is 16.5. The zero-order valence-corrected chi connectivity index (χ0v) is 11.0. The molecule has 0 aliphatic carbocycles. The average molecular weight is 215 g/mol. The Bertz CT molecular complexity index is 128. The van der Waals surface area contributed by atoms with Gasteiger partial charge in [0, 0.05) is 19.3 Å². The minimum absolute atomic E-state index is 0.657. The predicted molar refractivity (Wildman–Crippen MR) is 67.3 cm³/mol. The molecule has 0 spiro atoms. The molecule has 0 heterocycles. The first-order valence-electron chi connectivity index (χ1n) is 6.57. The zero-order valence-electron chi connectivity index (χ0n) is 11.0. The lowest BCUT2D eigenvalue weighted by atomic mass is 9.96. The Morgan fingerprint density at radius 1 is 1.13 bits per heavy atom. The van der Waals surface area contributed by atoms with Crippen LogP contribution in [0.2, 0.25) is 0 Å². The second-order valence-corrected chi connectivity index (χ2v) is 4.30. The van der Waals surface area contributed by atoms with E-state index in [2.05, 4.69) is 33.0 Å². The van der Waals surface area contributed by atoms with Gasteiger partial charge >= 0.3 is 0 Å². The third-order valence-corrected chi connectivity index (χ3v) is 2.95. The van der Waals surface area contributed by atoms with Gasteiger partial charge in [-0.15, -0.1) is 0 Å². The first-order chi connectivity index (χ1) is 7.26. The van der Waals surface area contributed by atoms with E-state index >= 15 is 0 Å². The Hall–Kier alpha value is -0.0800. The Kier molecular flexibility index (Phi) is 10.4. The standard InChI is InChI=1S/C13H29NO/c1-5-8-10-15-11-9-12(4)13(6-2)14-7-3/h12-14H,5-11H2,1-4H3. The molecule has 0 amide bonds. The topological polar surface area (TPSA) is 21.3 Å². The van der Waals surface area contributed by atoms with Crippen LogP contribution in [-0.2, 0) is 4.74 Å². The number of unbranched alkanes of at least 4 members (excludes halogenated alkanes) is 1. The summed E-state index contributed by atoms with van der Waals surface area (Å²) in [5.74, 6) is 0.719. The van der Waals surface area contributed by atoms with E-state index in [-0.39, 0.29) is 0 Å². The molecule has 15 heavy (non-hydrogen) atoms. The molecule has 0 aromatic carbocycles. The average Bonchev–Trinajstić information content (AvgIpc) is 2.25. The fourth-order valence-electron chi connectivity index (χ4n) is 1.83. The van der Waals surface area contributed by atoms with Crippen molar-refractivity contribution in [2.75, 3.05) is 19.8 Å². The van der Waals surface area contributed by atoms with Gasteiger partial charge in [0.1, 0.15) is 0 Å². The van der Waals surface area contributed by atoms with Crippen LogP contribution < -0.4 is 5.32 Å². The molecule has 2 unspecified atom stereocenters. The second-order valence-electron chi connectivity index (χ2n) is 4.30. The molecule has 0 aliphatic rings. The van der Waals surface area contributed by atoms with E-state index in [1.54, 1.807) is 0 Å². The molecule has 0 aliphatic heterocycles. The van der Waals surface area contributed by atoms with Gasteiger partial charge in [0.15, 0.2) is 0 Å². The molecule has 2 nitrogen and oxygen atoms in total. The van der Waals surface area contributed by atoms with Crippen molar-refractivity contribution >= 4 is 0 Å². The van der Waals surface area contributed by atoms with Crippen molar-refractivity contribution in [3.63, 3.8) is 0 Å². The summed E-state index contributed by atoms with van der Waals surface area (Å²) >= 11 is 0. The third-order valence-electron chi connectivity index (χ3n) is 2.95. The molecular weight excluding hydrogens is 186 g/mol. The van der Waals surface area contributed by atoms with Crippen LogP contribution in [-0.4, -0.2) is 25.8 Å². The first kappa shape index (κ1) is 14.9. The third kappa shape index (κ3) is 7.80. The van der Waals surface area contributed by atoms with Gasteiger partial charge in [0.2, 0.25) is 0 Å². The summed E-state index contributed by atoms with van der Waals surface area (Å²) in [6.07, 6.45) is 4.81. The molecule has 0 fully saturated rings. The smallest absolute Gasteiger partial charge is 0.0469 e. The summed E-state index contributed by atoms with van der Waals surface area (Å²) in [6, 6.07) is 0.657. The number of ether oxygens (including phenoxy) is 1. The lowest BCUT2D eigenvalue weighted by molar-refractivity contribution is 0.113. The monoisotopic (exact) mass is 215 g/mol. The number of rotatable bonds is 10. The molecule has 1 N–H and O–H groups in total. The molecule has 0 radical (unpaired) electrons. The molecule has 2 atom stereocenters. The van der Waals surface area contributed by atoms with E-state index in [1.807, 2.05) is 0 Å². The number of hydrogen-bond acceptors (Lipinski definition) is 2. The van der Waals surface area contributed by atoms with Crippen LogP contribution in [0.25, 0.3) is 0 Å². The summed E-state index contributed by atoms with van der Waals surface area (Å²) in [5, 5.41) is 3.53. The number of hydrogen-bond donors (Lipinski definition) is 1. The summed E-state index contributed by atoms with van der Waals surface area (Å²) in [5.41, 5.74) is 0. The predicted octanol–water partition coefficient (Wildman–Crippen LogP) is 3.22. The van der Waals surface area contributed by atoms with Crippen molar-refractivity contribution in [2.45, 2.75) is 59.4 Å². The largest absolute Gasteiger partial charge is 0.381 e. The van der Waals surface area contributed by atoms with Crippen LogP contribution in [0.4, 0.5) is 0 Å². The van der Waals surface area contributed by atoms with Gasteiger partial charge in [-0.3, -0.25) is 0 Å². The van der Waals surface area contributed by atoms with Gasteiger partial charge in [-0.25, -0.2) is 0 Å². The van der Waals surface area contributed by atoms with Gasteiger partial charge in [0.25, 0.3) is 0 Å². The quantitative estimate of drug-likeness (QED) is 0.565. The summed E-state index contributed by atoms with van der Waals surface area (Å²) in [7, 11) is 0. The lowest BCUT2D eigenvalue weighted by Gasteiger charge is -2.23. The first-order valence-corrected chi connectivity index (χ1v) is 6.57. The SMILES string of the molecule is CCCCOCCC(C)C(CC)NCC. The normalized spacial score (nSPS) is 15.2. The van der Waals surface area contributed by atoms with E-state index in [9.17, 15) is 0 Å². The maximum atomic E-state index is 5.59. The van der Waals surface area contributed by atoms with Crippen LogP contribution >= 0.6 is 0 Å². The molecule has 2 heteroatoms. The van der Waals surface area contributed by atoms with Crippen LogP contribution in [0.15, 0.2) is 0 Å². The molecule has 0 saturated carbocycles. The lowest BCUT2D eigenvalue weighted by Crippen LogP contribution is -2.34. The van der Waals surface area contributed by atoms with Crippen molar-refractivity contribution in [3.05, 3.63) is 0 Å². The van der Waals surface area contributed by atoms with E-state index < -0.39 is 0 Å². The molecule has 0 bridgehead atoms. The maximum Gasteiger partial charge on any atom is 0.0469 e. The molecule has 0 saturated heterocycles. The van der Waals surface area contributed by atoms with Crippen molar-refractivity contribution in [3.8, 4) is 0 Å². The fourth-order valence-corrected chi connectivity index (χ4v) is 1.83. The van der Waals surface area contributed by atoms with Crippen molar-refractivity contribution in [1.82, 2.24) is 5.32 Å². The summed E-state index contributed by atoms with van der Waals surface area (Å²) in [6.45, 7) is 11.9. The van der Waals surface area contributed by atoms with Gasteiger partial charge in [-0.2, -0.15) is 0 Å². The van der Waals surface area contributed by atoms with Crippen molar-refractivity contribution < 1.29 is 4.74 Å². The van der Waals surface area contributed by atoms with Crippen LogP contribution in [0, 0.1) is 5.92 Å². The highest BCUT2D eigenvalue weighted by Crippen LogP contribution is 2.11. The van der Waals surface area contributed by atoms with Crippen LogP contribution in [0.3, 0.4) is 0 Å². The minimum atomic E-state index is 0.657. The second kappa shape index (κ2) is 10.4. The highest BCUT2D eigenvalue weighted by molar-refractivity contribution is 4.70. The highest BCUT2D eigenvalue weighted by Gasteiger charge is 2.13. The Morgan fingerprint density at radius 3 is 2.40 bits per heavy atom. The van der Waals surface area contributed by atoms with E-state index in [0.29, 0.717) is 6.04 Å². The molecular formula is C13H29NO.